The van der Waals surface area contributed by atoms with Gasteiger partial charge in [-0.25, -0.2) is 10.6 Å². The third-order valence-corrected chi connectivity index (χ3v) is 4.85. The van der Waals surface area contributed by atoms with E-state index in [1.807, 2.05) is 13.8 Å². The molecule has 13 heteroatoms. The number of nitrogens with zero attached hydrogens (tertiary/aromatic N) is 1. The van der Waals surface area contributed by atoms with Gasteiger partial charge < -0.3 is 25.3 Å². The lowest BCUT2D eigenvalue weighted by Gasteiger charge is -2.26. The third kappa shape index (κ3) is 7.74. The standard InChI is InChI=1S/C24H30F3N5O5/c1-5-32(30)22(33)20(14-7-10-17(36-13(3)4)19(11-14)35-6-2)31-15-8-9-16(21(28)29)18(12-15)37-23(34)24(25,26)27/h7-13,20,31H,5-6,30H2,1-4H3,(H3,28,29). The van der Waals surface area contributed by atoms with Crippen molar-refractivity contribution in [2.45, 2.75) is 46.0 Å². The highest BCUT2D eigenvalue weighted by molar-refractivity contribution is 5.99. The smallest absolute Gasteiger partial charge is 0.490 e. The van der Waals surface area contributed by atoms with Crippen LogP contribution in [0.4, 0.5) is 18.9 Å². The van der Waals surface area contributed by atoms with Gasteiger partial charge in [0.05, 0.1) is 18.3 Å². The minimum absolute atomic E-state index is 0.0956. The summed E-state index contributed by atoms with van der Waals surface area (Å²) in [4.78, 5) is 24.6. The predicted octanol–water partition coefficient (Wildman–Crippen LogP) is 3.50. The van der Waals surface area contributed by atoms with Crippen molar-refractivity contribution >= 4 is 23.4 Å². The number of hydrazine groups is 1. The lowest BCUT2D eigenvalue weighted by Crippen LogP contribution is -2.42. The van der Waals surface area contributed by atoms with Gasteiger partial charge in [0.1, 0.15) is 17.6 Å². The Kier molecular flexibility index (Phi) is 9.72. The van der Waals surface area contributed by atoms with Gasteiger partial charge in [0.25, 0.3) is 5.91 Å². The van der Waals surface area contributed by atoms with Gasteiger partial charge in [-0.1, -0.05) is 6.07 Å². The molecule has 0 aliphatic heterocycles. The van der Waals surface area contributed by atoms with Crippen LogP contribution in [0.15, 0.2) is 36.4 Å². The molecule has 0 radical (unpaired) electrons. The number of nitrogen functional groups attached to an aromatic ring is 1. The lowest BCUT2D eigenvalue weighted by atomic mass is 10.0. The van der Waals surface area contributed by atoms with Gasteiger partial charge in [-0.15, -0.1) is 0 Å². The van der Waals surface area contributed by atoms with Crippen LogP contribution in [0.1, 0.15) is 44.9 Å². The maximum atomic E-state index is 13.2. The minimum Gasteiger partial charge on any atom is -0.490 e. The first-order valence-electron chi connectivity index (χ1n) is 11.3. The number of hydrogen-bond donors (Lipinski definition) is 4. The van der Waals surface area contributed by atoms with E-state index < -0.39 is 35.7 Å². The van der Waals surface area contributed by atoms with E-state index in [4.69, 9.17) is 26.5 Å². The first-order chi connectivity index (χ1) is 17.3. The molecule has 6 N–H and O–H groups in total. The Bertz CT molecular complexity index is 1140. The molecule has 202 valence electrons. The van der Waals surface area contributed by atoms with E-state index in [1.165, 1.54) is 12.1 Å². The predicted molar refractivity (Wildman–Crippen MR) is 130 cm³/mol. The van der Waals surface area contributed by atoms with Crippen molar-refractivity contribution in [2.24, 2.45) is 11.6 Å². The number of likely N-dealkylation sites (N-methyl/N-ethyl adjacent to an activating group) is 1. The first kappa shape index (κ1) is 29.2. The van der Waals surface area contributed by atoms with Crippen LogP contribution in [0, 0.1) is 5.41 Å². The minimum atomic E-state index is -5.27. The number of ether oxygens (including phenoxy) is 3. The molecule has 1 atom stereocenters. The maximum Gasteiger partial charge on any atom is 0.491 e. The molecule has 37 heavy (non-hydrogen) atoms. The second-order valence-electron chi connectivity index (χ2n) is 8.02. The van der Waals surface area contributed by atoms with E-state index in [-0.39, 0.29) is 23.9 Å². The highest BCUT2D eigenvalue weighted by Crippen LogP contribution is 2.34. The van der Waals surface area contributed by atoms with E-state index in [1.54, 1.807) is 32.0 Å². The van der Waals surface area contributed by atoms with Crippen LogP contribution < -0.4 is 31.1 Å². The van der Waals surface area contributed by atoms with Gasteiger partial charge in [-0.3, -0.25) is 15.2 Å². The second kappa shape index (κ2) is 12.3. The molecule has 0 aliphatic rings. The fourth-order valence-electron chi connectivity index (χ4n) is 3.18. The van der Waals surface area contributed by atoms with Crippen LogP contribution >= 0.6 is 0 Å². The monoisotopic (exact) mass is 525 g/mol. The van der Waals surface area contributed by atoms with Crippen LogP contribution in [0.2, 0.25) is 0 Å². The fraction of sp³-hybridized carbons (Fsp3) is 0.375. The number of halogens is 3. The Hall–Kier alpha value is -4.00. The molecule has 10 nitrogen and oxygen atoms in total. The zero-order chi connectivity index (χ0) is 27.9. The largest absolute Gasteiger partial charge is 0.491 e. The molecule has 0 aromatic heterocycles. The summed E-state index contributed by atoms with van der Waals surface area (Å²) in [5.74, 6) is 2.41. The van der Waals surface area contributed by atoms with E-state index in [9.17, 15) is 22.8 Å². The molecule has 0 saturated heterocycles. The second-order valence-corrected chi connectivity index (χ2v) is 8.02. The number of anilines is 1. The summed E-state index contributed by atoms with van der Waals surface area (Å²) in [5, 5.41) is 11.5. The molecule has 1 amide bonds. The van der Waals surface area contributed by atoms with Crippen molar-refractivity contribution in [3.63, 3.8) is 0 Å². The van der Waals surface area contributed by atoms with Crippen LogP contribution in [-0.4, -0.2) is 48.2 Å². The topological polar surface area (TPSA) is 153 Å². The summed E-state index contributed by atoms with van der Waals surface area (Å²) in [7, 11) is 0. The average Bonchev–Trinajstić information content (AvgIpc) is 2.82. The van der Waals surface area contributed by atoms with Gasteiger partial charge in [-0.2, -0.15) is 13.2 Å². The van der Waals surface area contributed by atoms with Crippen molar-refractivity contribution in [3.05, 3.63) is 47.5 Å². The van der Waals surface area contributed by atoms with Crippen molar-refractivity contribution in [1.82, 2.24) is 5.01 Å². The Morgan fingerprint density at radius 2 is 1.76 bits per heavy atom. The first-order valence-corrected chi connectivity index (χ1v) is 11.3. The number of hydrogen-bond acceptors (Lipinski definition) is 8. The molecular weight excluding hydrogens is 495 g/mol. The SMILES string of the molecule is CCOc1cc(C(Nc2ccc(C(=N)N)c(OC(=O)C(F)(F)F)c2)C(=O)N(N)CC)ccc1OC(C)C. The third-order valence-electron chi connectivity index (χ3n) is 4.85. The van der Waals surface area contributed by atoms with E-state index in [2.05, 4.69) is 10.1 Å². The van der Waals surface area contributed by atoms with E-state index in [0.717, 1.165) is 11.1 Å². The summed E-state index contributed by atoms with van der Waals surface area (Å²) < 4.78 is 54.2. The Balaban J connectivity index is 2.54. The number of carbonyl (C=O) groups is 2. The average molecular weight is 526 g/mol. The van der Waals surface area contributed by atoms with E-state index >= 15 is 0 Å². The summed E-state index contributed by atoms with van der Waals surface area (Å²) in [5.41, 5.74) is 5.70. The summed E-state index contributed by atoms with van der Waals surface area (Å²) >= 11 is 0. The molecule has 0 heterocycles. The Morgan fingerprint density at radius 3 is 2.30 bits per heavy atom. The van der Waals surface area contributed by atoms with Crippen LogP contribution in [-0.2, 0) is 9.59 Å². The van der Waals surface area contributed by atoms with Crippen molar-refractivity contribution in [1.29, 1.82) is 5.41 Å². The normalized spacial score (nSPS) is 12.0. The zero-order valence-corrected chi connectivity index (χ0v) is 20.8. The number of carbonyl (C=O) groups excluding carboxylic acids is 2. The number of esters is 1. The van der Waals surface area contributed by atoms with Gasteiger partial charge in [0, 0.05) is 18.3 Å². The number of nitrogens with one attached hydrogen (secondary N) is 2. The van der Waals surface area contributed by atoms with Gasteiger partial charge in [0.15, 0.2) is 11.5 Å². The lowest BCUT2D eigenvalue weighted by molar-refractivity contribution is -0.189. The molecule has 0 aliphatic carbocycles. The summed E-state index contributed by atoms with van der Waals surface area (Å²) in [6, 6.07) is 7.32. The fourth-order valence-corrected chi connectivity index (χ4v) is 3.18. The highest BCUT2D eigenvalue weighted by Gasteiger charge is 2.42. The highest BCUT2D eigenvalue weighted by atomic mass is 19.4. The molecule has 0 spiro atoms. The van der Waals surface area contributed by atoms with Crippen LogP contribution in [0.25, 0.3) is 0 Å². The number of rotatable bonds is 11. The van der Waals surface area contributed by atoms with Crippen molar-refractivity contribution in [2.75, 3.05) is 18.5 Å². The Labute approximate surface area is 212 Å². The van der Waals surface area contributed by atoms with Crippen molar-refractivity contribution in [3.8, 4) is 17.2 Å². The van der Waals surface area contributed by atoms with Crippen LogP contribution in [0.3, 0.4) is 0 Å². The number of alkyl halides is 3. The van der Waals surface area contributed by atoms with E-state index in [0.29, 0.717) is 23.7 Å². The molecule has 2 rings (SSSR count). The van der Waals surface area contributed by atoms with Gasteiger partial charge in [0.2, 0.25) is 0 Å². The summed E-state index contributed by atoms with van der Waals surface area (Å²) in [6.07, 6.45) is -5.41. The molecule has 0 saturated carbocycles. The quantitative estimate of drug-likeness (QED) is 0.0661. The zero-order valence-electron chi connectivity index (χ0n) is 20.8. The number of benzene rings is 2. The molecule has 2 aromatic rings. The number of amidine groups is 1. The molecule has 0 bridgehead atoms. The molecule has 0 fully saturated rings. The molecule has 2 aromatic carbocycles. The number of amides is 1. The van der Waals surface area contributed by atoms with Crippen molar-refractivity contribution < 1.29 is 37.0 Å². The maximum absolute atomic E-state index is 13.2. The Morgan fingerprint density at radius 1 is 1.08 bits per heavy atom. The molecular formula is C24H30F3N5O5. The van der Waals surface area contributed by atoms with Crippen LogP contribution in [0.5, 0.6) is 17.2 Å². The number of nitrogens with two attached hydrogens (primary N) is 2. The van der Waals surface area contributed by atoms with Gasteiger partial charge >= 0.3 is 12.1 Å². The van der Waals surface area contributed by atoms with Gasteiger partial charge in [-0.05, 0) is 57.5 Å². The molecule has 1 unspecified atom stereocenters. The summed E-state index contributed by atoms with van der Waals surface area (Å²) in [6.45, 7) is 7.63.